The van der Waals surface area contributed by atoms with Crippen molar-refractivity contribution in [2.75, 3.05) is 14.2 Å². The molecule has 2 unspecified atom stereocenters. The summed E-state index contributed by atoms with van der Waals surface area (Å²) in [5, 5.41) is 0.566. The highest BCUT2D eigenvalue weighted by atomic mass is 79.9. The second-order valence-corrected chi connectivity index (χ2v) is 8.60. The van der Waals surface area contributed by atoms with E-state index in [0.717, 1.165) is 11.1 Å². The number of ether oxygens (including phenoxy) is 1. The fourth-order valence-electron chi connectivity index (χ4n) is 3.57. The molecule has 2 atom stereocenters. The summed E-state index contributed by atoms with van der Waals surface area (Å²) in [5.74, 6) is -2.76. The van der Waals surface area contributed by atoms with Crippen LogP contribution in [0.5, 0.6) is 0 Å². The molecule has 0 radical (unpaired) electrons. The Morgan fingerprint density at radius 2 is 1.88 bits per heavy atom. The van der Waals surface area contributed by atoms with E-state index in [1.807, 2.05) is 18.2 Å². The van der Waals surface area contributed by atoms with Crippen molar-refractivity contribution >= 4 is 39.4 Å². The van der Waals surface area contributed by atoms with Gasteiger partial charge in [-0.2, -0.15) is 0 Å². The number of carbonyl (C=O) groups excluding carboxylic acids is 2. The predicted molar refractivity (Wildman–Crippen MR) is 124 cm³/mol. The molecule has 32 heavy (non-hydrogen) atoms. The molecule has 2 aromatic carbocycles. The smallest absolute Gasteiger partial charge is 0.318 e. The summed E-state index contributed by atoms with van der Waals surface area (Å²) in [6, 6.07) is 14.5. The van der Waals surface area contributed by atoms with E-state index < -0.39 is 29.7 Å². The minimum atomic E-state index is -1.15. The molecular formula is C24H21BrClFN2O3. The number of nitrogens with zero attached hydrogens (tertiary/aromatic N) is 2. The summed E-state index contributed by atoms with van der Waals surface area (Å²) >= 11 is 9.29. The molecular weight excluding hydrogens is 499 g/mol. The number of benzene rings is 2. The standard InChI is InChI=1S/C24H21BrClFN2O3/c1-29(22(17-4-3-9-28-14-17)16-5-7-19(26)8-6-16)23(30)21(24(31)32-2)12-15-10-18(25)13-20(27)11-15/h3-11,13-14,21-22H,12H2,1-2H3. The van der Waals surface area contributed by atoms with Gasteiger partial charge in [0.2, 0.25) is 5.91 Å². The van der Waals surface area contributed by atoms with Crippen LogP contribution >= 0.6 is 27.5 Å². The molecule has 0 bridgehead atoms. The Morgan fingerprint density at radius 3 is 2.47 bits per heavy atom. The second kappa shape index (κ2) is 10.7. The van der Waals surface area contributed by atoms with Gasteiger partial charge in [0.25, 0.3) is 0 Å². The van der Waals surface area contributed by atoms with Gasteiger partial charge in [0.05, 0.1) is 13.2 Å². The number of carbonyl (C=O) groups is 2. The number of methoxy groups -OCH3 is 1. The largest absolute Gasteiger partial charge is 0.468 e. The fraction of sp³-hybridized carbons (Fsp3) is 0.208. The maximum atomic E-state index is 13.9. The van der Waals surface area contributed by atoms with Crippen LogP contribution in [0.25, 0.3) is 0 Å². The first-order valence-electron chi connectivity index (χ1n) is 9.75. The van der Waals surface area contributed by atoms with Crippen molar-refractivity contribution in [1.82, 2.24) is 9.88 Å². The number of hydrogen-bond donors (Lipinski definition) is 0. The molecule has 0 spiro atoms. The van der Waals surface area contributed by atoms with Crippen molar-refractivity contribution in [1.29, 1.82) is 0 Å². The zero-order valence-electron chi connectivity index (χ0n) is 17.5. The van der Waals surface area contributed by atoms with Crippen LogP contribution in [0.2, 0.25) is 5.02 Å². The first-order chi connectivity index (χ1) is 15.3. The molecule has 0 N–H and O–H groups in total. The van der Waals surface area contributed by atoms with E-state index in [9.17, 15) is 14.0 Å². The third kappa shape index (κ3) is 5.72. The van der Waals surface area contributed by atoms with Crippen molar-refractivity contribution < 1.29 is 18.7 Å². The zero-order chi connectivity index (χ0) is 23.3. The summed E-state index contributed by atoms with van der Waals surface area (Å²) in [6.07, 6.45) is 3.30. The molecule has 0 aliphatic rings. The van der Waals surface area contributed by atoms with Crippen LogP contribution in [0.4, 0.5) is 4.39 Å². The van der Waals surface area contributed by atoms with Crippen molar-refractivity contribution in [3.63, 3.8) is 0 Å². The monoisotopic (exact) mass is 518 g/mol. The number of rotatable bonds is 7. The quantitative estimate of drug-likeness (QED) is 0.317. The minimum absolute atomic E-state index is 0.00736. The lowest BCUT2D eigenvalue weighted by molar-refractivity contribution is -0.153. The van der Waals surface area contributed by atoms with E-state index in [4.69, 9.17) is 16.3 Å². The van der Waals surface area contributed by atoms with Crippen LogP contribution in [-0.2, 0) is 20.7 Å². The van der Waals surface area contributed by atoms with Gasteiger partial charge in [-0.1, -0.05) is 45.7 Å². The van der Waals surface area contributed by atoms with Gasteiger partial charge in [0, 0.05) is 28.9 Å². The molecule has 1 heterocycles. The normalized spacial score (nSPS) is 12.7. The molecule has 3 aromatic rings. The molecule has 0 saturated heterocycles. The molecule has 0 saturated carbocycles. The van der Waals surface area contributed by atoms with Gasteiger partial charge in [-0.15, -0.1) is 0 Å². The third-order valence-corrected chi connectivity index (χ3v) is 5.78. The van der Waals surface area contributed by atoms with Crippen LogP contribution < -0.4 is 0 Å². The Morgan fingerprint density at radius 1 is 1.16 bits per heavy atom. The van der Waals surface area contributed by atoms with Crippen molar-refractivity contribution in [3.8, 4) is 0 Å². The molecule has 166 valence electrons. The van der Waals surface area contributed by atoms with Crippen LogP contribution in [0.15, 0.2) is 71.5 Å². The van der Waals surface area contributed by atoms with E-state index in [-0.39, 0.29) is 6.42 Å². The predicted octanol–water partition coefficient (Wildman–Crippen LogP) is 5.22. The average Bonchev–Trinajstić information content (AvgIpc) is 2.78. The Kier molecular flexibility index (Phi) is 7.99. The molecule has 1 amide bonds. The molecule has 3 rings (SSSR count). The van der Waals surface area contributed by atoms with Crippen molar-refractivity contribution in [3.05, 3.63) is 99.0 Å². The zero-order valence-corrected chi connectivity index (χ0v) is 19.8. The van der Waals surface area contributed by atoms with Crippen molar-refractivity contribution in [2.45, 2.75) is 12.5 Å². The highest BCUT2D eigenvalue weighted by molar-refractivity contribution is 9.10. The summed E-state index contributed by atoms with van der Waals surface area (Å²) in [6.45, 7) is 0. The number of hydrogen-bond acceptors (Lipinski definition) is 4. The third-order valence-electron chi connectivity index (χ3n) is 5.07. The Hall–Kier alpha value is -2.77. The molecule has 8 heteroatoms. The summed E-state index contributed by atoms with van der Waals surface area (Å²) in [7, 11) is 2.84. The van der Waals surface area contributed by atoms with Crippen LogP contribution in [-0.4, -0.2) is 35.9 Å². The average molecular weight is 520 g/mol. The SMILES string of the molecule is COC(=O)C(Cc1cc(F)cc(Br)c1)C(=O)N(C)C(c1ccc(Cl)cc1)c1cccnc1. The lowest BCUT2D eigenvalue weighted by atomic mass is 9.94. The lowest BCUT2D eigenvalue weighted by Gasteiger charge is -2.31. The molecule has 0 aliphatic carbocycles. The number of halogens is 3. The van der Waals surface area contributed by atoms with E-state index in [0.29, 0.717) is 15.1 Å². The van der Waals surface area contributed by atoms with E-state index in [1.165, 1.54) is 24.1 Å². The number of amides is 1. The topological polar surface area (TPSA) is 59.5 Å². The maximum absolute atomic E-state index is 13.9. The summed E-state index contributed by atoms with van der Waals surface area (Å²) in [5.41, 5.74) is 2.07. The Balaban J connectivity index is 1.98. The highest BCUT2D eigenvalue weighted by Crippen LogP contribution is 2.30. The van der Waals surface area contributed by atoms with Gasteiger partial charge in [-0.05, 0) is 59.5 Å². The molecule has 1 aromatic heterocycles. The first kappa shape index (κ1) is 23.9. The van der Waals surface area contributed by atoms with Gasteiger partial charge in [-0.3, -0.25) is 14.6 Å². The number of pyridine rings is 1. The lowest BCUT2D eigenvalue weighted by Crippen LogP contribution is -2.41. The van der Waals surface area contributed by atoms with Crippen LogP contribution in [0, 0.1) is 11.7 Å². The minimum Gasteiger partial charge on any atom is -0.468 e. The van der Waals surface area contributed by atoms with Crippen molar-refractivity contribution in [2.24, 2.45) is 5.92 Å². The second-order valence-electron chi connectivity index (χ2n) is 7.25. The first-order valence-corrected chi connectivity index (χ1v) is 10.9. The maximum Gasteiger partial charge on any atom is 0.318 e. The van der Waals surface area contributed by atoms with Crippen LogP contribution in [0.3, 0.4) is 0 Å². The van der Waals surface area contributed by atoms with Crippen LogP contribution in [0.1, 0.15) is 22.7 Å². The molecule has 0 aliphatic heterocycles. The van der Waals surface area contributed by atoms with Gasteiger partial charge < -0.3 is 9.64 Å². The summed E-state index contributed by atoms with van der Waals surface area (Å²) < 4.78 is 19.3. The molecule has 5 nitrogen and oxygen atoms in total. The highest BCUT2D eigenvalue weighted by Gasteiger charge is 2.34. The Bertz CT molecular complexity index is 1080. The van der Waals surface area contributed by atoms with Gasteiger partial charge in [0.15, 0.2) is 0 Å². The van der Waals surface area contributed by atoms with E-state index in [2.05, 4.69) is 20.9 Å². The van der Waals surface area contributed by atoms with Gasteiger partial charge in [0.1, 0.15) is 11.7 Å². The number of esters is 1. The number of aromatic nitrogens is 1. The summed E-state index contributed by atoms with van der Waals surface area (Å²) in [4.78, 5) is 31.8. The molecule has 0 fully saturated rings. The van der Waals surface area contributed by atoms with Gasteiger partial charge in [-0.25, -0.2) is 4.39 Å². The Labute approximate surface area is 199 Å². The van der Waals surface area contributed by atoms with Gasteiger partial charge >= 0.3 is 5.97 Å². The fourth-order valence-corrected chi connectivity index (χ4v) is 4.21. The van der Waals surface area contributed by atoms with E-state index >= 15 is 0 Å². The van der Waals surface area contributed by atoms with E-state index in [1.54, 1.807) is 43.7 Å².